The fourth-order valence-electron chi connectivity index (χ4n) is 2.75. The van der Waals surface area contributed by atoms with Crippen LogP contribution in [0.4, 0.5) is 0 Å². The molecular formula is C16H21N3O2. The van der Waals surface area contributed by atoms with Crippen molar-refractivity contribution in [3.05, 3.63) is 47.3 Å². The van der Waals surface area contributed by atoms with Crippen molar-refractivity contribution < 1.29 is 9.47 Å². The van der Waals surface area contributed by atoms with Gasteiger partial charge < -0.3 is 14.8 Å². The van der Waals surface area contributed by atoms with Crippen LogP contribution in [0, 0.1) is 0 Å². The SMILES string of the molecule is COc1ccccc1CNCC1OCCc2cn(C)nc21. The molecule has 1 atom stereocenters. The first-order valence-electron chi connectivity index (χ1n) is 7.24. The lowest BCUT2D eigenvalue weighted by Gasteiger charge is -2.22. The van der Waals surface area contributed by atoms with E-state index in [0.717, 1.165) is 43.1 Å². The summed E-state index contributed by atoms with van der Waals surface area (Å²) in [7, 11) is 3.65. The van der Waals surface area contributed by atoms with Crippen LogP contribution in [0.3, 0.4) is 0 Å². The van der Waals surface area contributed by atoms with Crippen LogP contribution >= 0.6 is 0 Å². The number of nitrogens with zero attached hydrogens (tertiary/aromatic N) is 2. The first-order valence-corrected chi connectivity index (χ1v) is 7.24. The molecule has 3 rings (SSSR count). The third-order valence-corrected chi connectivity index (χ3v) is 3.77. The van der Waals surface area contributed by atoms with E-state index in [-0.39, 0.29) is 6.10 Å². The molecule has 1 aromatic heterocycles. The van der Waals surface area contributed by atoms with Gasteiger partial charge in [0.05, 0.1) is 19.4 Å². The summed E-state index contributed by atoms with van der Waals surface area (Å²) >= 11 is 0. The molecule has 0 bridgehead atoms. The molecule has 1 unspecified atom stereocenters. The molecule has 0 aliphatic carbocycles. The molecule has 2 heterocycles. The zero-order valence-electron chi connectivity index (χ0n) is 12.5. The molecule has 5 heteroatoms. The predicted molar refractivity (Wildman–Crippen MR) is 80.3 cm³/mol. The van der Waals surface area contributed by atoms with Crippen LogP contribution in [0.2, 0.25) is 0 Å². The minimum Gasteiger partial charge on any atom is -0.496 e. The van der Waals surface area contributed by atoms with E-state index in [9.17, 15) is 0 Å². The quantitative estimate of drug-likeness (QED) is 0.911. The minimum atomic E-state index is 0.0321. The number of hydrogen-bond donors (Lipinski definition) is 1. The molecule has 5 nitrogen and oxygen atoms in total. The zero-order chi connectivity index (χ0) is 14.7. The molecule has 1 aliphatic rings. The van der Waals surface area contributed by atoms with Crippen molar-refractivity contribution in [1.82, 2.24) is 15.1 Å². The van der Waals surface area contributed by atoms with Crippen LogP contribution < -0.4 is 10.1 Å². The van der Waals surface area contributed by atoms with Crippen LogP contribution in [0.1, 0.15) is 22.9 Å². The number of rotatable bonds is 5. The summed E-state index contributed by atoms with van der Waals surface area (Å²) in [6.45, 7) is 2.27. The Kier molecular flexibility index (Phi) is 4.22. The maximum absolute atomic E-state index is 5.84. The van der Waals surface area contributed by atoms with Crippen molar-refractivity contribution in [2.24, 2.45) is 7.05 Å². The van der Waals surface area contributed by atoms with E-state index in [1.54, 1.807) is 7.11 Å². The summed E-state index contributed by atoms with van der Waals surface area (Å²) in [6, 6.07) is 8.05. The van der Waals surface area contributed by atoms with Gasteiger partial charge in [0.25, 0.3) is 0 Å². The molecule has 0 saturated carbocycles. The molecule has 1 N–H and O–H groups in total. The van der Waals surface area contributed by atoms with Crippen molar-refractivity contribution in [3.63, 3.8) is 0 Å². The number of benzene rings is 1. The van der Waals surface area contributed by atoms with Crippen molar-refractivity contribution in [1.29, 1.82) is 0 Å². The topological polar surface area (TPSA) is 48.3 Å². The number of para-hydroxylation sites is 1. The van der Waals surface area contributed by atoms with E-state index in [2.05, 4.69) is 22.7 Å². The second-order valence-corrected chi connectivity index (χ2v) is 5.27. The molecule has 21 heavy (non-hydrogen) atoms. The molecular weight excluding hydrogens is 266 g/mol. The summed E-state index contributed by atoms with van der Waals surface area (Å²) < 4.78 is 13.1. The van der Waals surface area contributed by atoms with Crippen LogP contribution in [0.5, 0.6) is 5.75 Å². The number of nitrogens with one attached hydrogen (secondary N) is 1. The van der Waals surface area contributed by atoms with E-state index in [1.807, 2.05) is 29.9 Å². The normalized spacial score (nSPS) is 17.5. The number of fused-ring (bicyclic) bond motifs is 1. The molecule has 0 amide bonds. The van der Waals surface area contributed by atoms with Gasteiger partial charge >= 0.3 is 0 Å². The third kappa shape index (κ3) is 3.09. The Hall–Kier alpha value is -1.85. The first kappa shape index (κ1) is 14.1. The van der Waals surface area contributed by atoms with E-state index in [4.69, 9.17) is 9.47 Å². The summed E-state index contributed by atoms with van der Waals surface area (Å²) in [4.78, 5) is 0. The van der Waals surface area contributed by atoms with Gasteiger partial charge in [0.1, 0.15) is 11.9 Å². The van der Waals surface area contributed by atoms with Gasteiger partial charge in [-0.05, 0) is 18.1 Å². The number of hydrogen-bond acceptors (Lipinski definition) is 4. The third-order valence-electron chi connectivity index (χ3n) is 3.77. The average Bonchev–Trinajstić information content (AvgIpc) is 2.89. The van der Waals surface area contributed by atoms with Crippen LogP contribution in [0.15, 0.2) is 30.5 Å². The fourth-order valence-corrected chi connectivity index (χ4v) is 2.75. The standard InChI is InChI=1S/C16H21N3O2/c1-19-11-13-7-8-21-15(16(13)18-19)10-17-9-12-5-3-4-6-14(12)20-2/h3-6,11,15,17H,7-10H2,1-2H3. The van der Waals surface area contributed by atoms with E-state index >= 15 is 0 Å². The van der Waals surface area contributed by atoms with Gasteiger partial charge in [0.2, 0.25) is 0 Å². The minimum absolute atomic E-state index is 0.0321. The van der Waals surface area contributed by atoms with E-state index in [0.29, 0.717) is 0 Å². The molecule has 2 aromatic rings. The van der Waals surface area contributed by atoms with Crippen molar-refractivity contribution >= 4 is 0 Å². The molecule has 112 valence electrons. The summed E-state index contributed by atoms with van der Waals surface area (Å²) in [6.07, 6.45) is 3.07. The van der Waals surface area contributed by atoms with Gasteiger partial charge in [0.15, 0.2) is 0 Å². The molecule has 1 aliphatic heterocycles. The van der Waals surface area contributed by atoms with Crippen LogP contribution in [-0.4, -0.2) is 30.0 Å². The molecule has 1 aromatic carbocycles. The van der Waals surface area contributed by atoms with Gasteiger partial charge in [-0.2, -0.15) is 5.10 Å². The smallest absolute Gasteiger partial charge is 0.123 e. The Morgan fingerprint density at radius 2 is 2.29 bits per heavy atom. The lowest BCUT2D eigenvalue weighted by atomic mass is 10.1. The predicted octanol–water partition coefficient (Wildman–Crippen LogP) is 1.83. The van der Waals surface area contributed by atoms with Gasteiger partial charge in [-0.1, -0.05) is 18.2 Å². The largest absolute Gasteiger partial charge is 0.496 e. The Bertz CT molecular complexity index is 609. The monoisotopic (exact) mass is 287 g/mol. The second-order valence-electron chi connectivity index (χ2n) is 5.27. The highest BCUT2D eigenvalue weighted by atomic mass is 16.5. The summed E-state index contributed by atoms with van der Waals surface area (Å²) in [5.41, 5.74) is 3.51. The van der Waals surface area contributed by atoms with Crippen molar-refractivity contribution in [2.45, 2.75) is 19.1 Å². The highest BCUT2D eigenvalue weighted by Gasteiger charge is 2.23. The maximum Gasteiger partial charge on any atom is 0.123 e. The molecule has 0 spiro atoms. The van der Waals surface area contributed by atoms with Crippen molar-refractivity contribution in [2.75, 3.05) is 20.3 Å². The lowest BCUT2D eigenvalue weighted by molar-refractivity contribution is 0.0393. The van der Waals surface area contributed by atoms with Crippen LogP contribution in [-0.2, 0) is 24.8 Å². The highest BCUT2D eigenvalue weighted by molar-refractivity contribution is 5.33. The maximum atomic E-state index is 5.84. The fraction of sp³-hybridized carbons (Fsp3) is 0.438. The van der Waals surface area contributed by atoms with E-state index < -0.39 is 0 Å². The second kappa shape index (κ2) is 6.28. The Morgan fingerprint density at radius 3 is 3.14 bits per heavy atom. The van der Waals surface area contributed by atoms with Gasteiger partial charge in [-0.15, -0.1) is 0 Å². The molecule has 0 radical (unpaired) electrons. The summed E-state index contributed by atoms with van der Waals surface area (Å²) in [5, 5.41) is 7.96. The van der Waals surface area contributed by atoms with Gasteiger partial charge in [-0.3, -0.25) is 4.68 Å². The lowest BCUT2D eigenvalue weighted by Crippen LogP contribution is -2.27. The van der Waals surface area contributed by atoms with Crippen molar-refractivity contribution in [3.8, 4) is 5.75 Å². The average molecular weight is 287 g/mol. The highest BCUT2D eigenvalue weighted by Crippen LogP contribution is 2.25. The number of aromatic nitrogens is 2. The van der Waals surface area contributed by atoms with E-state index in [1.165, 1.54) is 5.56 Å². The van der Waals surface area contributed by atoms with Crippen LogP contribution in [0.25, 0.3) is 0 Å². The Balaban J connectivity index is 1.61. The summed E-state index contributed by atoms with van der Waals surface area (Å²) in [5.74, 6) is 0.910. The molecule has 0 saturated heterocycles. The zero-order valence-corrected chi connectivity index (χ0v) is 12.5. The number of ether oxygens (including phenoxy) is 2. The Morgan fingerprint density at radius 1 is 1.43 bits per heavy atom. The first-order chi connectivity index (χ1) is 10.3. The van der Waals surface area contributed by atoms with Gasteiger partial charge in [0, 0.05) is 31.9 Å². The number of aryl methyl sites for hydroxylation is 1. The molecule has 0 fully saturated rings. The van der Waals surface area contributed by atoms with Gasteiger partial charge in [-0.25, -0.2) is 0 Å². The number of methoxy groups -OCH3 is 1. The Labute approximate surface area is 124 Å².